The monoisotopic (exact) mass is 442 g/mol. The first kappa shape index (κ1) is 22.5. The Morgan fingerprint density at radius 2 is 1.71 bits per heavy atom. The molecule has 3 aromatic rings. The molecule has 6 nitrogen and oxygen atoms in total. The molecule has 0 atom stereocenters. The predicted octanol–water partition coefficient (Wildman–Crippen LogP) is 4.67. The van der Waals surface area contributed by atoms with Crippen molar-refractivity contribution >= 4 is 29.2 Å². The van der Waals surface area contributed by atoms with Gasteiger partial charge in [-0.05, 0) is 48.5 Å². The Bertz CT molecular complexity index is 1090. The summed E-state index contributed by atoms with van der Waals surface area (Å²) in [7, 11) is 1.52. The Morgan fingerprint density at radius 3 is 2.29 bits per heavy atom. The zero-order chi connectivity index (χ0) is 22.8. The highest BCUT2D eigenvalue weighted by atomic mass is 35.5. The van der Waals surface area contributed by atoms with Gasteiger partial charge in [-0.2, -0.15) is 5.10 Å². The third kappa shape index (κ3) is 5.49. The number of hydrogen-bond acceptors (Lipinski definition) is 3. The maximum absolute atomic E-state index is 13.1. The Morgan fingerprint density at radius 1 is 1.10 bits per heavy atom. The minimum absolute atomic E-state index is 0.174. The van der Waals surface area contributed by atoms with Crippen molar-refractivity contribution < 1.29 is 14.0 Å². The maximum Gasteiger partial charge on any atom is 0.254 e. The Kier molecular flexibility index (Phi) is 6.45. The summed E-state index contributed by atoms with van der Waals surface area (Å²) in [4.78, 5) is 26.4. The van der Waals surface area contributed by atoms with Crippen LogP contribution in [0.5, 0.6) is 0 Å². The lowest BCUT2D eigenvalue weighted by atomic mass is 9.92. The average Bonchev–Trinajstić information content (AvgIpc) is 3.12. The van der Waals surface area contributed by atoms with Gasteiger partial charge in [0, 0.05) is 29.1 Å². The van der Waals surface area contributed by atoms with Crippen molar-refractivity contribution in [3.8, 4) is 5.69 Å². The number of nitrogens with zero attached hydrogens (tertiary/aromatic N) is 3. The summed E-state index contributed by atoms with van der Waals surface area (Å²) in [5.74, 6) is -0.702. The quantitative estimate of drug-likeness (QED) is 0.624. The SMILES string of the molecule is CN(CC(=O)Nc1cc(C(C)(C)C)nn1-c1ccc(Cl)cc1)C(=O)c1ccc(F)cc1. The lowest BCUT2D eigenvalue weighted by Crippen LogP contribution is -2.35. The van der Waals surface area contributed by atoms with Gasteiger partial charge in [0.2, 0.25) is 5.91 Å². The minimum atomic E-state index is -0.429. The first-order valence-electron chi connectivity index (χ1n) is 9.72. The highest BCUT2D eigenvalue weighted by molar-refractivity contribution is 6.30. The van der Waals surface area contributed by atoms with Gasteiger partial charge in [-0.25, -0.2) is 9.07 Å². The van der Waals surface area contributed by atoms with Crippen LogP contribution in [0.4, 0.5) is 10.2 Å². The molecular formula is C23H24ClFN4O2. The van der Waals surface area contributed by atoms with Crippen LogP contribution < -0.4 is 5.32 Å². The summed E-state index contributed by atoms with van der Waals surface area (Å²) < 4.78 is 14.7. The van der Waals surface area contributed by atoms with Crippen molar-refractivity contribution in [3.63, 3.8) is 0 Å². The van der Waals surface area contributed by atoms with Crippen molar-refractivity contribution in [1.29, 1.82) is 0 Å². The van der Waals surface area contributed by atoms with Crippen LogP contribution in [-0.4, -0.2) is 40.1 Å². The fourth-order valence-electron chi connectivity index (χ4n) is 2.90. The number of anilines is 1. The number of hydrogen-bond donors (Lipinski definition) is 1. The molecule has 0 aliphatic rings. The number of nitrogens with one attached hydrogen (secondary N) is 1. The molecule has 0 unspecified atom stereocenters. The number of halogens is 2. The molecule has 0 fully saturated rings. The highest BCUT2D eigenvalue weighted by Gasteiger charge is 2.22. The van der Waals surface area contributed by atoms with Crippen molar-refractivity contribution in [2.24, 2.45) is 0 Å². The number of benzene rings is 2. The fourth-order valence-corrected chi connectivity index (χ4v) is 3.02. The maximum atomic E-state index is 13.1. The topological polar surface area (TPSA) is 67.2 Å². The van der Waals surface area contributed by atoms with E-state index in [0.717, 1.165) is 11.4 Å². The van der Waals surface area contributed by atoms with Crippen molar-refractivity contribution in [1.82, 2.24) is 14.7 Å². The molecule has 2 aromatic carbocycles. The van der Waals surface area contributed by atoms with E-state index < -0.39 is 5.82 Å². The molecule has 31 heavy (non-hydrogen) atoms. The van der Waals surface area contributed by atoms with Gasteiger partial charge in [-0.1, -0.05) is 32.4 Å². The van der Waals surface area contributed by atoms with Gasteiger partial charge in [0.1, 0.15) is 11.6 Å². The molecule has 0 aliphatic carbocycles. The smallest absolute Gasteiger partial charge is 0.254 e. The van der Waals surface area contributed by atoms with Crippen LogP contribution >= 0.6 is 11.6 Å². The Labute approximate surface area is 185 Å². The third-order valence-corrected chi connectivity index (χ3v) is 4.89. The summed E-state index contributed by atoms with van der Waals surface area (Å²) in [5, 5.41) is 8.08. The largest absolute Gasteiger partial charge is 0.332 e. The first-order valence-corrected chi connectivity index (χ1v) is 10.1. The third-order valence-electron chi connectivity index (χ3n) is 4.64. The molecule has 1 N–H and O–H groups in total. The van der Waals surface area contributed by atoms with Gasteiger partial charge in [0.05, 0.1) is 17.9 Å². The van der Waals surface area contributed by atoms with Crippen molar-refractivity contribution in [2.75, 3.05) is 18.9 Å². The second-order valence-electron chi connectivity index (χ2n) is 8.27. The van der Waals surface area contributed by atoms with Crippen LogP contribution in [0.15, 0.2) is 54.6 Å². The van der Waals surface area contributed by atoms with E-state index in [1.807, 2.05) is 39.0 Å². The van der Waals surface area contributed by atoms with Crippen molar-refractivity contribution in [2.45, 2.75) is 26.2 Å². The first-order chi connectivity index (χ1) is 14.5. The van der Waals surface area contributed by atoms with Gasteiger partial charge in [-0.15, -0.1) is 0 Å². The highest BCUT2D eigenvalue weighted by Crippen LogP contribution is 2.26. The number of carbonyl (C=O) groups is 2. The number of aromatic nitrogens is 2. The molecule has 3 rings (SSSR count). The number of amides is 2. The molecule has 0 spiro atoms. The molecule has 0 aliphatic heterocycles. The molecule has 0 saturated heterocycles. The van der Waals surface area contributed by atoms with E-state index in [0.29, 0.717) is 16.4 Å². The summed E-state index contributed by atoms with van der Waals surface area (Å²) >= 11 is 5.99. The standard InChI is InChI=1S/C23H24ClFN4O2/c1-23(2,3)19-13-20(29(27-19)18-11-7-16(24)8-12-18)26-21(30)14-28(4)22(31)15-5-9-17(25)10-6-15/h5-13H,14H2,1-4H3,(H,26,30). The molecule has 2 amide bonds. The number of rotatable bonds is 5. The summed E-state index contributed by atoms with van der Waals surface area (Å²) in [6.07, 6.45) is 0. The molecular weight excluding hydrogens is 419 g/mol. The van der Waals surface area contributed by atoms with Crippen LogP contribution in [0.3, 0.4) is 0 Å². The predicted molar refractivity (Wildman–Crippen MR) is 119 cm³/mol. The molecule has 0 radical (unpaired) electrons. The van der Waals surface area contributed by atoms with Crippen LogP contribution in [0.2, 0.25) is 5.02 Å². The Hall–Kier alpha value is -3.19. The normalized spacial score (nSPS) is 11.3. The molecule has 162 valence electrons. The van der Waals surface area contributed by atoms with Gasteiger partial charge < -0.3 is 10.2 Å². The second-order valence-corrected chi connectivity index (χ2v) is 8.71. The zero-order valence-corrected chi connectivity index (χ0v) is 18.6. The van der Waals surface area contributed by atoms with Gasteiger partial charge in [0.15, 0.2) is 0 Å². The van der Waals surface area contributed by atoms with Crippen LogP contribution in [0.25, 0.3) is 5.69 Å². The van der Waals surface area contributed by atoms with Crippen LogP contribution in [0.1, 0.15) is 36.8 Å². The van der Waals surface area contributed by atoms with Gasteiger partial charge in [-0.3, -0.25) is 9.59 Å². The van der Waals surface area contributed by atoms with Gasteiger partial charge in [0.25, 0.3) is 5.91 Å². The molecule has 1 heterocycles. The van der Waals surface area contributed by atoms with Crippen LogP contribution in [-0.2, 0) is 10.2 Å². The lowest BCUT2D eigenvalue weighted by Gasteiger charge is -2.17. The molecule has 1 aromatic heterocycles. The van der Waals surface area contributed by atoms with Crippen LogP contribution in [0, 0.1) is 5.82 Å². The molecule has 0 saturated carbocycles. The average molecular weight is 443 g/mol. The Balaban J connectivity index is 1.79. The second kappa shape index (κ2) is 8.89. The molecule has 8 heteroatoms. The van der Waals surface area contributed by atoms with E-state index in [9.17, 15) is 14.0 Å². The number of likely N-dealkylation sites (N-methyl/N-ethyl adjacent to an activating group) is 1. The summed E-state index contributed by atoms with van der Waals surface area (Å²) in [6, 6.07) is 14.1. The summed E-state index contributed by atoms with van der Waals surface area (Å²) in [5.41, 5.74) is 1.62. The van der Waals surface area contributed by atoms with E-state index in [1.54, 1.807) is 16.8 Å². The minimum Gasteiger partial charge on any atom is -0.332 e. The van der Waals surface area contributed by atoms with E-state index in [1.165, 1.54) is 36.2 Å². The van der Waals surface area contributed by atoms with E-state index in [-0.39, 0.29) is 23.8 Å². The number of carbonyl (C=O) groups excluding carboxylic acids is 2. The van der Waals surface area contributed by atoms with Gasteiger partial charge >= 0.3 is 0 Å². The van der Waals surface area contributed by atoms with E-state index >= 15 is 0 Å². The fraction of sp³-hybridized carbons (Fsp3) is 0.261. The molecule has 0 bridgehead atoms. The van der Waals surface area contributed by atoms with E-state index in [2.05, 4.69) is 10.4 Å². The van der Waals surface area contributed by atoms with E-state index in [4.69, 9.17) is 11.6 Å². The zero-order valence-electron chi connectivity index (χ0n) is 17.8. The summed E-state index contributed by atoms with van der Waals surface area (Å²) in [6.45, 7) is 5.92. The lowest BCUT2D eigenvalue weighted by molar-refractivity contribution is -0.116. The van der Waals surface area contributed by atoms with Crippen molar-refractivity contribution in [3.05, 3.63) is 76.7 Å².